The summed E-state index contributed by atoms with van der Waals surface area (Å²) >= 11 is 3.25. The lowest BCUT2D eigenvalue weighted by Crippen LogP contribution is -1.88. The molecule has 42 valence electrons. The van der Waals surface area contributed by atoms with Gasteiger partial charge in [0.2, 0.25) is 0 Å². The molecule has 0 aromatic rings. The minimum Gasteiger partial charge on any atom is -0.187 e. The second kappa shape index (κ2) is 2.58. The number of nitrogens with zero attached hydrogens (tertiary/aromatic N) is 1. The third kappa shape index (κ3) is 2.95. The topological polar surface area (TPSA) is 23.8 Å². The Morgan fingerprint density at radius 2 is 2.14 bits per heavy atom. The third-order valence-electron chi connectivity index (χ3n) is 0.520. The molecule has 0 fully saturated rings. The number of rotatable bonds is 1. The molecule has 0 bridgehead atoms. The zero-order chi connectivity index (χ0) is 5.91. The average molecular weight is 182 g/mol. The van der Waals surface area contributed by atoms with Crippen molar-refractivity contribution in [2.75, 3.05) is 17.2 Å². The highest BCUT2D eigenvalue weighted by Crippen LogP contribution is 2.39. The molecule has 0 aromatic heterocycles. The molecule has 7 heavy (non-hydrogen) atoms. The van der Waals surface area contributed by atoms with Gasteiger partial charge >= 0.3 is 0 Å². The Morgan fingerprint density at radius 1 is 1.71 bits per heavy atom. The molecule has 0 aliphatic heterocycles. The predicted molar refractivity (Wildman–Crippen MR) is 38.8 cm³/mol. The van der Waals surface area contributed by atoms with Crippen molar-refractivity contribution < 1.29 is 0 Å². The monoisotopic (exact) mass is 181 g/mol. The fourth-order valence-electron chi connectivity index (χ4n) is 0.0244. The molecule has 1 nitrogen and oxygen atoms in total. The van der Waals surface area contributed by atoms with E-state index in [1.165, 1.54) is 0 Å². The molecule has 0 aliphatic rings. The van der Waals surface area contributed by atoms with Crippen molar-refractivity contribution >= 4 is 26.0 Å². The van der Waals surface area contributed by atoms with E-state index in [0.29, 0.717) is 0 Å². The fraction of sp³-hybridized carbons (Fsp3) is 0.750. The summed E-state index contributed by atoms with van der Waals surface area (Å²) in [5.74, 6) is 0. The smallest absolute Gasteiger partial charge is 0.113 e. The van der Waals surface area contributed by atoms with Crippen LogP contribution < -0.4 is 0 Å². The van der Waals surface area contributed by atoms with Gasteiger partial charge in [-0.15, -0.1) is 10.0 Å². The highest BCUT2D eigenvalue weighted by molar-refractivity contribution is 9.11. The van der Waals surface area contributed by atoms with Gasteiger partial charge in [-0.05, 0) is 12.5 Å². The van der Waals surface area contributed by atoms with Crippen LogP contribution in [0.5, 0.6) is 0 Å². The van der Waals surface area contributed by atoms with Crippen LogP contribution in [-0.2, 0) is 0 Å². The first kappa shape index (κ1) is 7.32. The van der Waals surface area contributed by atoms with E-state index in [-0.39, 0.29) is 0 Å². The highest BCUT2D eigenvalue weighted by atomic mass is 79.9. The lowest BCUT2D eigenvalue weighted by Gasteiger charge is -2.15. The maximum atomic E-state index is 8.35. The number of halogens is 1. The fourth-order valence-corrected chi connectivity index (χ4v) is 0.380. The summed E-state index contributed by atoms with van der Waals surface area (Å²) in [4.78, 5) is 0. The average Bonchev–Trinajstić information content (AvgIpc) is 1.68. The van der Waals surface area contributed by atoms with E-state index in [2.05, 4.69) is 21.3 Å². The molecule has 0 atom stereocenters. The maximum Gasteiger partial charge on any atom is 0.113 e. The number of alkyl halides is 1. The molecule has 0 saturated carbocycles. The van der Waals surface area contributed by atoms with Crippen LogP contribution in [0, 0.1) is 10.7 Å². The second-order valence-electron chi connectivity index (χ2n) is 1.74. The van der Waals surface area contributed by atoms with Crippen molar-refractivity contribution in [3.8, 4) is 5.40 Å². The first-order valence-electron chi connectivity index (χ1n) is 1.80. The highest BCUT2D eigenvalue weighted by Gasteiger charge is 2.04. The number of thiocyanates is 1. The molecular weight excluding hydrogens is 174 g/mol. The minimum atomic E-state index is -0.935. The number of hydrogen-bond acceptors (Lipinski definition) is 1. The van der Waals surface area contributed by atoms with Gasteiger partial charge in [0.25, 0.3) is 0 Å². The maximum absolute atomic E-state index is 8.35. The van der Waals surface area contributed by atoms with Gasteiger partial charge in [-0.3, -0.25) is 0 Å². The normalized spacial score (nSPS) is 12.9. The summed E-state index contributed by atoms with van der Waals surface area (Å²) in [6.45, 7) is 0. The summed E-state index contributed by atoms with van der Waals surface area (Å²) in [6.07, 6.45) is 3.95. The van der Waals surface area contributed by atoms with Gasteiger partial charge < -0.3 is 0 Å². The van der Waals surface area contributed by atoms with Gasteiger partial charge in [-0.1, -0.05) is 15.9 Å². The summed E-state index contributed by atoms with van der Waals surface area (Å²) in [7, 11) is -0.935. The molecule has 0 N–H and O–H groups in total. The van der Waals surface area contributed by atoms with E-state index < -0.39 is 10.0 Å². The van der Waals surface area contributed by atoms with Crippen LogP contribution >= 0.6 is 26.0 Å². The molecule has 0 saturated heterocycles. The molecule has 0 radical (unpaired) electrons. The van der Waals surface area contributed by atoms with Gasteiger partial charge in [0.15, 0.2) is 0 Å². The molecule has 0 spiro atoms. The number of nitriles is 1. The Balaban J connectivity index is 3.66. The van der Waals surface area contributed by atoms with Crippen LogP contribution in [0.1, 0.15) is 0 Å². The van der Waals surface area contributed by atoms with Crippen molar-refractivity contribution in [2.24, 2.45) is 0 Å². The van der Waals surface area contributed by atoms with E-state index >= 15 is 0 Å². The predicted octanol–water partition coefficient (Wildman–Crippen LogP) is 1.88. The van der Waals surface area contributed by atoms with Gasteiger partial charge in [0.1, 0.15) is 5.40 Å². The summed E-state index contributed by atoms with van der Waals surface area (Å²) in [5, 5.41) is 10.6. The van der Waals surface area contributed by atoms with Gasteiger partial charge in [-0.2, -0.15) is 5.26 Å². The van der Waals surface area contributed by atoms with E-state index in [4.69, 9.17) is 5.26 Å². The van der Waals surface area contributed by atoms with Crippen molar-refractivity contribution in [3.63, 3.8) is 0 Å². The summed E-state index contributed by atoms with van der Waals surface area (Å²) < 4.78 is 0.830. The molecule has 0 aliphatic carbocycles. The molecule has 3 heteroatoms. The van der Waals surface area contributed by atoms with E-state index in [0.717, 1.165) is 4.66 Å². The lowest BCUT2D eigenvalue weighted by atomic mass is 11.8. The van der Waals surface area contributed by atoms with Crippen LogP contribution in [0.2, 0.25) is 0 Å². The lowest BCUT2D eigenvalue weighted by molar-refractivity contribution is 1.56. The number of hydrogen-bond donors (Lipinski definition) is 0. The molecular formula is C4H8BrNS. The Labute approximate surface area is 54.2 Å². The van der Waals surface area contributed by atoms with Gasteiger partial charge in [-0.25, -0.2) is 0 Å². The van der Waals surface area contributed by atoms with Crippen LogP contribution in [0.3, 0.4) is 0 Å². The second-order valence-corrected chi connectivity index (χ2v) is 6.59. The van der Waals surface area contributed by atoms with Crippen molar-refractivity contribution in [1.82, 2.24) is 0 Å². The minimum absolute atomic E-state index is 0.830. The quantitative estimate of drug-likeness (QED) is 0.448. The molecule has 0 aromatic carbocycles. The SMILES string of the molecule is CS(C)(C#N)CBr. The zero-order valence-electron chi connectivity index (χ0n) is 4.44. The van der Waals surface area contributed by atoms with E-state index in [1.807, 2.05) is 12.5 Å². The van der Waals surface area contributed by atoms with Crippen molar-refractivity contribution in [1.29, 1.82) is 5.26 Å². The largest absolute Gasteiger partial charge is 0.187 e. The Hall–Kier alpha value is 0.320. The summed E-state index contributed by atoms with van der Waals surface area (Å²) in [5.41, 5.74) is 0. The Kier molecular flexibility index (Phi) is 2.70. The first-order chi connectivity index (χ1) is 3.12. The summed E-state index contributed by atoms with van der Waals surface area (Å²) in [6, 6.07) is 0. The van der Waals surface area contributed by atoms with Gasteiger partial charge in [0, 0.05) is 4.66 Å². The van der Waals surface area contributed by atoms with Crippen LogP contribution in [0.4, 0.5) is 0 Å². The first-order valence-corrected chi connectivity index (χ1v) is 5.54. The Morgan fingerprint density at radius 3 is 2.14 bits per heavy atom. The molecule has 0 amide bonds. The third-order valence-corrected chi connectivity index (χ3v) is 4.99. The van der Waals surface area contributed by atoms with Crippen LogP contribution in [0.15, 0.2) is 0 Å². The van der Waals surface area contributed by atoms with Crippen LogP contribution in [-0.4, -0.2) is 17.2 Å². The Bertz CT molecular complexity index is 94.4. The van der Waals surface area contributed by atoms with Crippen molar-refractivity contribution in [3.05, 3.63) is 0 Å². The van der Waals surface area contributed by atoms with Crippen LogP contribution in [0.25, 0.3) is 0 Å². The molecule has 0 rings (SSSR count). The molecule has 0 heterocycles. The van der Waals surface area contributed by atoms with Gasteiger partial charge in [0.05, 0.1) is 0 Å². The van der Waals surface area contributed by atoms with E-state index in [1.54, 1.807) is 0 Å². The standard InChI is InChI=1S/C4H8BrNS/c1-7(2,3-5)4-6/h3H2,1-2H3. The molecule has 0 unspecified atom stereocenters. The van der Waals surface area contributed by atoms with Crippen molar-refractivity contribution in [2.45, 2.75) is 0 Å². The van der Waals surface area contributed by atoms with E-state index in [9.17, 15) is 0 Å². The zero-order valence-corrected chi connectivity index (χ0v) is 6.84.